The van der Waals surface area contributed by atoms with Crippen molar-refractivity contribution in [1.29, 1.82) is 0 Å². The molecule has 2 N–H and O–H groups in total. The lowest BCUT2D eigenvalue weighted by Gasteiger charge is -2.09. The molecule has 3 rings (SSSR count). The van der Waals surface area contributed by atoms with Crippen LogP contribution in [-0.2, 0) is 0 Å². The van der Waals surface area contributed by atoms with Crippen LogP contribution in [0.4, 0.5) is 4.39 Å². The largest absolute Gasteiger partial charge is 0.478 e. The van der Waals surface area contributed by atoms with Crippen molar-refractivity contribution in [1.82, 2.24) is 9.97 Å². The molecule has 0 aliphatic rings. The minimum absolute atomic E-state index is 0.0451. The summed E-state index contributed by atoms with van der Waals surface area (Å²) in [4.78, 5) is 29.9. The molecule has 3 aromatic rings. The first kappa shape index (κ1) is 15.2. The van der Waals surface area contributed by atoms with E-state index in [1.54, 1.807) is 0 Å². The van der Waals surface area contributed by atoms with Gasteiger partial charge in [0.15, 0.2) is 0 Å². The SMILES string of the molecule is O=C(O)c1ccc2nc(C(Cl)c3ccc(F)cc3)c(=O)[nH]c2c1. The van der Waals surface area contributed by atoms with E-state index in [2.05, 4.69) is 9.97 Å². The number of rotatable bonds is 3. The van der Waals surface area contributed by atoms with Crippen LogP contribution in [0.1, 0.15) is 27.0 Å². The second kappa shape index (κ2) is 5.81. The number of aromatic amines is 1. The minimum atomic E-state index is -1.10. The van der Waals surface area contributed by atoms with Crippen LogP contribution < -0.4 is 5.56 Å². The van der Waals surface area contributed by atoms with Crippen molar-refractivity contribution in [2.45, 2.75) is 5.38 Å². The lowest BCUT2D eigenvalue weighted by molar-refractivity contribution is 0.0697. The van der Waals surface area contributed by atoms with Gasteiger partial charge in [-0.2, -0.15) is 0 Å². The third-order valence-electron chi connectivity index (χ3n) is 3.37. The molecule has 1 atom stereocenters. The van der Waals surface area contributed by atoms with Gasteiger partial charge >= 0.3 is 5.97 Å². The fraction of sp³-hybridized carbons (Fsp3) is 0.0625. The van der Waals surface area contributed by atoms with Gasteiger partial charge in [-0.15, -0.1) is 11.6 Å². The van der Waals surface area contributed by atoms with Gasteiger partial charge in [0, 0.05) is 0 Å². The number of aromatic nitrogens is 2. The topological polar surface area (TPSA) is 83.0 Å². The van der Waals surface area contributed by atoms with E-state index < -0.39 is 22.7 Å². The Morgan fingerprint density at radius 3 is 2.57 bits per heavy atom. The maximum Gasteiger partial charge on any atom is 0.335 e. The number of halogens is 2. The first-order chi connectivity index (χ1) is 11.0. The Bertz CT molecular complexity index is 954. The van der Waals surface area contributed by atoms with Crippen LogP contribution >= 0.6 is 11.6 Å². The van der Waals surface area contributed by atoms with Crippen LogP contribution in [0.2, 0.25) is 0 Å². The summed E-state index contributed by atoms with van der Waals surface area (Å²) in [7, 11) is 0. The Morgan fingerprint density at radius 2 is 1.91 bits per heavy atom. The van der Waals surface area contributed by atoms with Crippen molar-refractivity contribution in [2.75, 3.05) is 0 Å². The zero-order chi connectivity index (χ0) is 16.6. The molecule has 1 aromatic heterocycles. The van der Waals surface area contributed by atoms with Crippen molar-refractivity contribution in [2.24, 2.45) is 0 Å². The molecule has 0 spiro atoms. The number of fused-ring (bicyclic) bond motifs is 1. The number of carboxylic acids is 1. The number of hydrogen-bond donors (Lipinski definition) is 2. The van der Waals surface area contributed by atoms with Crippen LogP contribution in [-0.4, -0.2) is 21.0 Å². The molecule has 0 bridgehead atoms. The first-order valence-corrected chi connectivity index (χ1v) is 7.06. The monoisotopic (exact) mass is 332 g/mol. The van der Waals surface area contributed by atoms with Crippen molar-refractivity contribution < 1.29 is 14.3 Å². The van der Waals surface area contributed by atoms with Crippen molar-refractivity contribution in [3.05, 3.63) is 75.5 Å². The quantitative estimate of drug-likeness (QED) is 0.722. The number of carbonyl (C=O) groups is 1. The molecule has 0 fully saturated rings. The normalized spacial score (nSPS) is 12.3. The molecular weight excluding hydrogens is 323 g/mol. The van der Waals surface area contributed by atoms with Crippen molar-refractivity contribution in [3.8, 4) is 0 Å². The van der Waals surface area contributed by atoms with E-state index in [0.29, 0.717) is 16.6 Å². The lowest BCUT2D eigenvalue weighted by Crippen LogP contribution is -2.17. The van der Waals surface area contributed by atoms with Gasteiger partial charge < -0.3 is 10.1 Å². The number of H-pyrrole nitrogens is 1. The number of nitrogens with one attached hydrogen (secondary N) is 1. The van der Waals surface area contributed by atoms with E-state index in [1.165, 1.54) is 42.5 Å². The van der Waals surface area contributed by atoms with Crippen LogP contribution in [0.3, 0.4) is 0 Å². The van der Waals surface area contributed by atoms with Gasteiger partial charge in [-0.3, -0.25) is 4.79 Å². The first-order valence-electron chi connectivity index (χ1n) is 6.62. The molecule has 0 saturated heterocycles. The van der Waals surface area contributed by atoms with Gasteiger partial charge in [-0.1, -0.05) is 12.1 Å². The predicted molar refractivity (Wildman–Crippen MR) is 83.4 cm³/mol. The van der Waals surface area contributed by atoms with Gasteiger partial charge in [-0.05, 0) is 35.9 Å². The Labute approximate surface area is 134 Å². The molecule has 0 amide bonds. The average molecular weight is 333 g/mol. The van der Waals surface area contributed by atoms with Crippen LogP contribution in [0.15, 0.2) is 47.3 Å². The molecule has 0 radical (unpaired) electrons. The van der Waals surface area contributed by atoms with E-state index in [1.807, 2.05) is 0 Å². The molecule has 116 valence electrons. The highest BCUT2D eigenvalue weighted by molar-refractivity contribution is 6.22. The fourth-order valence-electron chi connectivity index (χ4n) is 2.19. The maximum atomic E-state index is 13.0. The van der Waals surface area contributed by atoms with E-state index in [0.717, 1.165) is 0 Å². The molecule has 5 nitrogen and oxygen atoms in total. The van der Waals surface area contributed by atoms with Crippen LogP contribution in [0, 0.1) is 5.82 Å². The number of hydrogen-bond acceptors (Lipinski definition) is 3. The number of benzene rings is 2. The maximum absolute atomic E-state index is 13.0. The summed E-state index contributed by atoms with van der Waals surface area (Å²) < 4.78 is 13.0. The molecule has 0 aliphatic heterocycles. The summed E-state index contributed by atoms with van der Waals surface area (Å²) in [5.41, 5.74) is 0.841. The molecule has 23 heavy (non-hydrogen) atoms. The Hall–Kier alpha value is -2.73. The lowest BCUT2D eigenvalue weighted by atomic mass is 10.1. The van der Waals surface area contributed by atoms with Crippen LogP contribution in [0.25, 0.3) is 11.0 Å². The summed E-state index contributed by atoms with van der Waals surface area (Å²) in [5.74, 6) is -1.50. The molecule has 0 aliphatic carbocycles. The number of alkyl halides is 1. The summed E-state index contributed by atoms with van der Waals surface area (Å²) in [6, 6.07) is 9.67. The predicted octanol–water partition coefficient (Wildman–Crippen LogP) is 3.09. The smallest absolute Gasteiger partial charge is 0.335 e. The van der Waals surface area contributed by atoms with E-state index >= 15 is 0 Å². The van der Waals surface area contributed by atoms with Crippen molar-refractivity contribution in [3.63, 3.8) is 0 Å². The zero-order valence-electron chi connectivity index (χ0n) is 11.6. The highest BCUT2D eigenvalue weighted by atomic mass is 35.5. The summed E-state index contributed by atoms with van der Waals surface area (Å²) in [6.45, 7) is 0. The third-order valence-corrected chi connectivity index (χ3v) is 3.83. The van der Waals surface area contributed by atoms with Gasteiger partial charge in [0.25, 0.3) is 5.56 Å². The molecule has 7 heteroatoms. The third kappa shape index (κ3) is 2.93. The summed E-state index contributed by atoms with van der Waals surface area (Å²) >= 11 is 6.27. The van der Waals surface area contributed by atoms with E-state index in [-0.39, 0.29) is 11.3 Å². The fourth-order valence-corrected chi connectivity index (χ4v) is 2.49. The second-order valence-corrected chi connectivity index (χ2v) is 5.34. The molecular formula is C16H10ClFN2O3. The van der Waals surface area contributed by atoms with Gasteiger partial charge in [-0.25, -0.2) is 14.2 Å². The molecule has 2 aromatic carbocycles. The highest BCUT2D eigenvalue weighted by Gasteiger charge is 2.18. The minimum Gasteiger partial charge on any atom is -0.478 e. The zero-order valence-corrected chi connectivity index (χ0v) is 12.3. The number of carboxylic acid groups (broad SMARTS) is 1. The second-order valence-electron chi connectivity index (χ2n) is 4.90. The van der Waals surface area contributed by atoms with Gasteiger partial charge in [0.2, 0.25) is 0 Å². The van der Waals surface area contributed by atoms with Crippen molar-refractivity contribution >= 4 is 28.6 Å². The van der Waals surface area contributed by atoms with E-state index in [4.69, 9.17) is 16.7 Å². The molecule has 0 saturated carbocycles. The van der Waals surface area contributed by atoms with Crippen LogP contribution in [0.5, 0.6) is 0 Å². The number of aromatic carboxylic acids is 1. The Balaban J connectivity index is 2.09. The standard InChI is InChI=1S/C16H10ClFN2O3/c17-13(8-1-4-10(18)5-2-8)14-15(21)20-12-7-9(16(22)23)3-6-11(12)19-14/h1-7,13H,(H,20,21)(H,22,23). The van der Waals surface area contributed by atoms with Gasteiger partial charge in [0.1, 0.15) is 16.9 Å². The Kier molecular flexibility index (Phi) is 3.83. The average Bonchev–Trinajstić information content (AvgIpc) is 2.53. The van der Waals surface area contributed by atoms with Gasteiger partial charge in [0.05, 0.1) is 16.6 Å². The highest BCUT2D eigenvalue weighted by Crippen LogP contribution is 2.26. The summed E-state index contributed by atoms with van der Waals surface area (Å²) in [5, 5.41) is 8.12. The number of nitrogens with zero attached hydrogens (tertiary/aromatic N) is 1. The molecule has 1 heterocycles. The van der Waals surface area contributed by atoms with E-state index in [9.17, 15) is 14.0 Å². The molecule has 1 unspecified atom stereocenters. The summed E-state index contributed by atoms with van der Waals surface area (Å²) in [6.07, 6.45) is 0. The Morgan fingerprint density at radius 1 is 1.22 bits per heavy atom.